The number of carbonyl (C=O) groups is 2. The van der Waals surface area contributed by atoms with Crippen LogP contribution in [0.2, 0.25) is 0 Å². The van der Waals surface area contributed by atoms with E-state index in [1.54, 1.807) is 13.0 Å². The number of unbranched alkanes of at least 4 members (excludes halogenated alkanes) is 1. The van der Waals surface area contributed by atoms with Crippen LogP contribution in [0.3, 0.4) is 0 Å². The second-order valence-electron chi connectivity index (χ2n) is 6.13. The van der Waals surface area contributed by atoms with Crippen molar-refractivity contribution in [1.29, 1.82) is 0 Å². The fourth-order valence-corrected chi connectivity index (χ4v) is 2.45. The quantitative estimate of drug-likeness (QED) is 0.751. The van der Waals surface area contributed by atoms with E-state index in [0.29, 0.717) is 18.1 Å². The van der Waals surface area contributed by atoms with Gasteiger partial charge in [-0.05, 0) is 37.5 Å². The maximum atomic E-state index is 12.6. The van der Waals surface area contributed by atoms with E-state index in [-0.39, 0.29) is 18.5 Å². The zero-order chi connectivity index (χ0) is 18.9. The SMILES string of the molecule is CCCCN(CC(=O)Nc1cc(C)on1)C(=O)Nc1cccc(CC)c1. The van der Waals surface area contributed by atoms with Crippen molar-refractivity contribution in [2.45, 2.75) is 40.0 Å². The van der Waals surface area contributed by atoms with Crippen LogP contribution in [0, 0.1) is 6.92 Å². The van der Waals surface area contributed by atoms with Crippen molar-refractivity contribution in [3.05, 3.63) is 41.7 Å². The van der Waals surface area contributed by atoms with Gasteiger partial charge >= 0.3 is 6.03 Å². The predicted octanol–water partition coefficient (Wildman–Crippen LogP) is 3.82. The van der Waals surface area contributed by atoms with Gasteiger partial charge in [0.25, 0.3) is 0 Å². The molecule has 1 aromatic carbocycles. The normalized spacial score (nSPS) is 10.4. The summed E-state index contributed by atoms with van der Waals surface area (Å²) in [5.74, 6) is 0.641. The Morgan fingerprint density at radius 1 is 1.19 bits per heavy atom. The minimum atomic E-state index is -0.313. The Morgan fingerprint density at radius 3 is 2.65 bits per heavy atom. The number of aryl methyl sites for hydroxylation is 2. The standard InChI is InChI=1S/C19H26N4O3/c1-4-6-10-23(13-18(24)21-17-11-14(3)26-22-17)19(25)20-16-9-7-8-15(5-2)12-16/h7-9,11-12H,4-6,10,13H2,1-3H3,(H,20,25)(H,21,22,24). The molecular formula is C19H26N4O3. The van der Waals surface area contributed by atoms with Crippen molar-refractivity contribution in [3.8, 4) is 0 Å². The maximum absolute atomic E-state index is 12.6. The van der Waals surface area contributed by atoms with Crippen LogP contribution >= 0.6 is 0 Å². The van der Waals surface area contributed by atoms with Crippen LogP contribution in [0.4, 0.5) is 16.3 Å². The Balaban J connectivity index is 1.99. The molecule has 2 aromatic rings. The molecule has 7 nitrogen and oxygen atoms in total. The third kappa shape index (κ3) is 5.91. The lowest BCUT2D eigenvalue weighted by atomic mass is 10.1. The summed E-state index contributed by atoms with van der Waals surface area (Å²) in [7, 11) is 0. The van der Waals surface area contributed by atoms with Gasteiger partial charge in [0.1, 0.15) is 12.3 Å². The van der Waals surface area contributed by atoms with E-state index in [1.807, 2.05) is 31.2 Å². The van der Waals surface area contributed by atoms with Crippen LogP contribution in [-0.2, 0) is 11.2 Å². The van der Waals surface area contributed by atoms with Gasteiger partial charge in [0.2, 0.25) is 5.91 Å². The Morgan fingerprint density at radius 2 is 2.00 bits per heavy atom. The summed E-state index contributed by atoms with van der Waals surface area (Å²) in [5.41, 5.74) is 1.87. The van der Waals surface area contributed by atoms with Gasteiger partial charge < -0.3 is 20.1 Å². The highest BCUT2D eigenvalue weighted by atomic mass is 16.5. The van der Waals surface area contributed by atoms with Crippen molar-refractivity contribution in [2.24, 2.45) is 0 Å². The van der Waals surface area contributed by atoms with E-state index in [0.717, 1.165) is 30.5 Å². The summed E-state index contributed by atoms with van der Waals surface area (Å²) < 4.78 is 4.93. The number of amides is 3. The first kappa shape index (κ1) is 19.5. The zero-order valence-electron chi connectivity index (χ0n) is 15.5. The number of anilines is 2. The van der Waals surface area contributed by atoms with Gasteiger partial charge in [0.15, 0.2) is 5.82 Å². The first-order chi connectivity index (χ1) is 12.5. The van der Waals surface area contributed by atoms with Crippen molar-refractivity contribution in [2.75, 3.05) is 23.7 Å². The van der Waals surface area contributed by atoms with Gasteiger partial charge in [-0.2, -0.15) is 0 Å². The first-order valence-electron chi connectivity index (χ1n) is 8.89. The lowest BCUT2D eigenvalue weighted by Crippen LogP contribution is -2.41. The molecule has 7 heteroatoms. The number of aromatic nitrogens is 1. The summed E-state index contributed by atoms with van der Waals surface area (Å²) in [5, 5.41) is 9.24. The summed E-state index contributed by atoms with van der Waals surface area (Å²) in [6, 6.07) is 9.03. The highest BCUT2D eigenvalue weighted by Crippen LogP contribution is 2.13. The molecule has 0 atom stereocenters. The fraction of sp³-hybridized carbons (Fsp3) is 0.421. The molecule has 0 saturated carbocycles. The second-order valence-corrected chi connectivity index (χ2v) is 6.13. The van der Waals surface area contributed by atoms with E-state index >= 15 is 0 Å². The summed E-state index contributed by atoms with van der Waals surface area (Å²) in [4.78, 5) is 26.4. The van der Waals surface area contributed by atoms with E-state index < -0.39 is 0 Å². The Bertz CT molecular complexity index is 742. The van der Waals surface area contributed by atoms with Crippen molar-refractivity contribution in [3.63, 3.8) is 0 Å². The molecule has 2 N–H and O–H groups in total. The molecule has 0 radical (unpaired) electrons. The zero-order valence-corrected chi connectivity index (χ0v) is 15.5. The average molecular weight is 358 g/mol. The van der Waals surface area contributed by atoms with Crippen LogP contribution in [0.5, 0.6) is 0 Å². The highest BCUT2D eigenvalue weighted by molar-refractivity contribution is 5.96. The summed E-state index contributed by atoms with van der Waals surface area (Å²) >= 11 is 0. The molecule has 0 spiro atoms. The molecule has 140 valence electrons. The molecule has 1 heterocycles. The molecule has 1 aromatic heterocycles. The third-order valence-corrected chi connectivity index (χ3v) is 3.89. The molecule has 3 amide bonds. The first-order valence-corrected chi connectivity index (χ1v) is 8.89. The fourth-order valence-electron chi connectivity index (χ4n) is 2.45. The van der Waals surface area contributed by atoms with Crippen LogP contribution in [-0.4, -0.2) is 35.1 Å². The Hall–Kier alpha value is -2.83. The third-order valence-electron chi connectivity index (χ3n) is 3.89. The predicted molar refractivity (Wildman–Crippen MR) is 101 cm³/mol. The largest absolute Gasteiger partial charge is 0.360 e. The molecule has 0 fully saturated rings. The number of nitrogens with one attached hydrogen (secondary N) is 2. The smallest absolute Gasteiger partial charge is 0.322 e. The number of hydrogen-bond acceptors (Lipinski definition) is 4. The summed E-state index contributed by atoms with van der Waals surface area (Å²) in [6.07, 6.45) is 2.64. The molecule has 2 rings (SSSR count). The molecule has 0 aliphatic rings. The Labute approximate surface area is 153 Å². The van der Waals surface area contributed by atoms with Crippen molar-refractivity contribution < 1.29 is 14.1 Å². The lowest BCUT2D eigenvalue weighted by Gasteiger charge is -2.22. The average Bonchev–Trinajstić information content (AvgIpc) is 3.03. The van der Waals surface area contributed by atoms with Crippen LogP contribution < -0.4 is 10.6 Å². The monoisotopic (exact) mass is 358 g/mol. The number of urea groups is 1. The number of rotatable bonds is 8. The lowest BCUT2D eigenvalue weighted by molar-refractivity contribution is -0.116. The molecule has 0 aliphatic heterocycles. The number of carbonyl (C=O) groups excluding carboxylic acids is 2. The van der Waals surface area contributed by atoms with Gasteiger partial charge in [0, 0.05) is 18.3 Å². The summed E-state index contributed by atoms with van der Waals surface area (Å²) in [6.45, 7) is 6.30. The number of nitrogens with zero attached hydrogens (tertiary/aromatic N) is 2. The number of hydrogen-bond donors (Lipinski definition) is 2. The van der Waals surface area contributed by atoms with Crippen LogP contribution in [0.15, 0.2) is 34.9 Å². The van der Waals surface area contributed by atoms with Crippen molar-refractivity contribution >= 4 is 23.4 Å². The molecule has 0 saturated heterocycles. The van der Waals surface area contributed by atoms with E-state index in [2.05, 4.69) is 22.7 Å². The maximum Gasteiger partial charge on any atom is 0.322 e. The molecule has 0 aliphatic carbocycles. The minimum absolute atomic E-state index is 0.0504. The van der Waals surface area contributed by atoms with Crippen LogP contribution in [0.25, 0.3) is 0 Å². The van der Waals surface area contributed by atoms with Crippen molar-refractivity contribution in [1.82, 2.24) is 10.1 Å². The Kier molecular flexibility index (Phi) is 7.20. The van der Waals surface area contributed by atoms with E-state index in [1.165, 1.54) is 4.90 Å². The molecule has 0 bridgehead atoms. The molecule has 0 unspecified atom stereocenters. The molecular weight excluding hydrogens is 332 g/mol. The number of benzene rings is 1. The van der Waals surface area contributed by atoms with E-state index in [9.17, 15) is 9.59 Å². The highest BCUT2D eigenvalue weighted by Gasteiger charge is 2.18. The van der Waals surface area contributed by atoms with Gasteiger partial charge in [0.05, 0.1) is 0 Å². The van der Waals surface area contributed by atoms with Crippen LogP contribution in [0.1, 0.15) is 38.0 Å². The topological polar surface area (TPSA) is 87.5 Å². The molecule has 26 heavy (non-hydrogen) atoms. The van der Waals surface area contributed by atoms with Gasteiger partial charge in [-0.3, -0.25) is 4.79 Å². The van der Waals surface area contributed by atoms with Gasteiger partial charge in [-0.1, -0.05) is 37.6 Å². The van der Waals surface area contributed by atoms with Gasteiger partial charge in [-0.25, -0.2) is 4.79 Å². The van der Waals surface area contributed by atoms with Gasteiger partial charge in [-0.15, -0.1) is 0 Å². The van der Waals surface area contributed by atoms with E-state index in [4.69, 9.17) is 4.52 Å². The second kappa shape index (κ2) is 9.60. The minimum Gasteiger partial charge on any atom is -0.360 e.